The lowest BCUT2D eigenvalue weighted by Crippen LogP contribution is -2.15. The summed E-state index contributed by atoms with van der Waals surface area (Å²) in [6.45, 7) is 3.88. The van der Waals surface area contributed by atoms with Gasteiger partial charge in [-0.25, -0.2) is 0 Å². The molecule has 1 heterocycles. The Morgan fingerprint density at radius 3 is 2.40 bits per heavy atom. The molecule has 0 saturated carbocycles. The minimum Gasteiger partial charge on any atom is -0.508 e. The van der Waals surface area contributed by atoms with Gasteiger partial charge in [-0.05, 0) is 54.8 Å². The van der Waals surface area contributed by atoms with Gasteiger partial charge in [0.05, 0.1) is 0 Å². The zero-order valence-electron chi connectivity index (χ0n) is 14.1. The number of phenolic OH excluding ortho intramolecular Hbond substituents is 1. The molecule has 0 spiro atoms. The van der Waals surface area contributed by atoms with Crippen molar-refractivity contribution in [3.8, 4) is 28.0 Å². The van der Waals surface area contributed by atoms with E-state index in [1.165, 1.54) is 0 Å². The maximum absolute atomic E-state index is 9.59. The molecule has 0 aliphatic rings. The third-order valence-electron chi connectivity index (χ3n) is 4.12. The van der Waals surface area contributed by atoms with E-state index < -0.39 is 0 Å². The smallest absolute Gasteiger partial charge is 0.170 e. The highest BCUT2D eigenvalue weighted by Crippen LogP contribution is 2.37. The zero-order chi connectivity index (χ0) is 18.0. The number of nitrogens with zero attached hydrogens (tertiary/aromatic N) is 2. The number of aromatic nitrogens is 1. The van der Waals surface area contributed by atoms with Crippen LogP contribution in [0.2, 0.25) is 0 Å². The summed E-state index contributed by atoms with van der Waals surface area (Å²) in [7, 11) is 0. The molecule has 3 rings (SSSR count). The van der Waals surface area contributed by atoms with Gasteiger partial charge < -0.3 is 16.0 Å². The molecule has 0 bridgehead atoms. The van der Waals surface area contributed by atoms with Crippen molar-refractivity contribution in [2.75, 3.05) is 0 Å². The Hall–Kier alpha value is -3.34. The maximum atomic E-state index is 9.59. The molecule has 0 saturated heterocycles. The summed E-state index contributed by atoms with van der Waals surface area (Å²) in [5.41, 5.74) is 12.0. The molecule has 2 aromatic carbocycles. The van der Waals surface area contributed by atoms with Crippen LogP contribution in [-0.4, -0.2) is 21.1 Å². The fourth-order valence-corrected chi connectivity index (χ4v) is 2.95. The van der Waals surface area contributed by atoms with Gasteiger partial charge in [-0.3, -0.25) is 4.98 Å². The molecule has 5 heteroatoms. The largest absolute Gasteiger partial charge is 0.508 e. The molecule has 0 radical (unpaired) electrons. The number of nitrogens with two attached hydrogens (primary N) is 1. The fourth-order valence-electron chi connectivity index (χ4n) is 2.95. The molecule has 1 aromatic heterocycles. The van der Waals surface area contributed by atoms with Gasteiger partial charge in [0.2, 0.25) is 0 Å². The fraction of sp³-hybridized carbons (Fsp3) is 0.100. The van der Waals surface area contributed by atoms with Crippen molar-refractivity contribution in [2.24, 2.45) is 10.9 Å². The second kappa shape index (κ2) is 6.65. The summed E-state index contributed by atoms with van der Waals surface area (Å²) < 4.78 is 0. The number of amidine groups is 1. The topological polar surface area (TPSA) is 91.7 Å². The van der Waals surface area contributed by atoms with Crippen LogP contribution in [0, 0.1) is 13.8 Å². The number of pyridine rings is 1. The molecule has 126 valence electrons. The van der Waals surface area contributed by atoms with Crippen LogP contribution >= 0.6 is 0 Å². The van der Waals surface area contributed by atoms with Crippen LogP contribution in [0.1, 0.15) is 16.8 Å². The van der Waals surface area contributed by atoms with Crippen molar-refractivity contribution >= 4 is 5.84 Å². The molecule has 5 nitrogen and oxygen atoms in total. The molecule has 0 aliphatic heterocycles. The first-order valence-corrected chi connectivity index (χ1v) is 7.85. The van der Waals surface area contributed by atoms with Crippen LogP contribution in [0.4, 0.5) is 0 Å². The Morgan fingerprint density at radius 2 is 1.76 bits per heavy atom. The predicted molar refractivity (Wildman–Crippen MR) is 98.8 cm³/mol. The van der Waals surface area contributed by atoms with Crippen molar-refractivity contribution in [3.63, 3.8) is 0 Å². The van der Waals surface area contributed by atoms with Crippen LogP contribution in [0.5, 0.6) is 5.75 Å². The number of benzene rings is 2. The van der Waals surface area contributed by atoms with Crippen molar-refractivity contribution in [1.29, 1.82) is 0 Å². The number of hydrogen-bond acceptors (Lipinski definition) is 4. The molecule has 0 fully saturated rings. The van der Waals surface area contributed by atoms with Gasteiger partial charge in [0.15, 0.2) is 5.84 Å². The van der Waals surface area contributed by atoms with Gasteiger partial charge in [0, 0.05) is 28.6 Å². The molecule has 0 aliphatic carbocycles. The SMILES string of the molecule is Cc1cc(/C(N)=N/O)c(-c2cccnc2C)c(-c2ccc(O)cc2)c1. The quantitative estimate of drug-likeness (QED) is 0.294. The van der Waals surface area contributed by atoms with E-state index in [2.05, 4.69) is 10.1 Å². The average Bonchev–Trinajstić information content (AvgIpc) is 2.62. The molecule has 3 aromatic rings. The van der Waals surface area contributed by atoms with Crippen molar-refractivity contribution in [2.45, 2.75) is 13.8 Å². The van der Waals surface area contributed by atoms with Crippen LogP contribution in [0.25, 0.3) is 22.3 Å². The minimum absolute atomic E-state index is 0.0435. The Bertz CT molecular complexity index is 948. The molecule has 0 unspecified atom stereocenters. The predicted octanol–water partition coefficient (Wildman–Crippen LogP) is 3.83. The number of aromatic hydroxyl groups is 1. The average molecular weight is 333 g/mol. The summed E-state index contributed by atoms with van der Waals surface area (Å²) in [5, 5.41) is 22.0. The van der Waals surface area contributed by atoms with E-state index in [0.717, 1.165) is 33.5 Å². The monoisotopic (exact) mass is 333 g/mol. The van der Waals surface area contributed by atoms with E-state index in [0.29, 0.717) is 5.56 Å². The first-order chi connectivity index (χ1) is 12.0. The normalized spacial score (nSPS) is 11.5. The first-order valence-electron chi connectivity index (χ1n) is 7.85. The lowest BCUT2D eigenvalue weighted by Gasteiger charge is -2.17. The number of oxime groups is 1. The van der Waals surface area contributed by atoms with Gasteiger partial charge in [-0.15, -0.1) is 0 Å². The Balaban J connectivity index is 2.40. The van der Waals surface area contributed by atoms with Crippen LogP contribution in [0.3, 0.4) is 0 Å². The Kier molecular flexibility index (Phi) is 4.39. The van der Waals surface area contributed by atoms with Gasteiger partial charge >= 0.3 is 0 Å². The van der Waals surface area contributed by atoms with Crippen molar-refractivity contribution < 1.29 is 10.3 Å². The lowest BCUT2D eigenvalue weighted by atomic mass is 9.88. The number of phenols is 1. The summed E-state index contributed by atoms with van der Waals surface area (Å²) in [4.78, 5) is 4.37. The van der Waals surface area contributed by atoms with Crippen LogP contribution < -0.4 is 5.73 Å². The third kappa shape index (κ3) is 3.17. The zero-order valence-corrected chi connectivity index (χ0v) is 14.1. The second-order valence-electron chi connectivity index (χ2n) is 5.90. The molecular formula is C20H19N3O2. The molecule has 4 N–H and O–H groups in total. The van der Waals surface area contributed by atoms with E-state index in [1.807, 2.05) is 50.2 Å². The second-order valence-corrected chi connectivity index (χ2v) is 5.90. The van der Waals surface area contributed by atoms with Gasteiger partial charge in [-0.2, -0.15) is 0 Å². The van der Waals surface area contributed by atoms with E-state index in [9.17, 15) is 10.3 Å². The highest BCUT2D eigenvalue weighted by molar-refractivity contribution is 6.07. The third-order valence-corrected chi connectivity index (χ3v) is 4.12. The number of rotatable bonds is 3. The van der Waals surface area contributed by atoms with Gasteiger partial charge in [-0.1, -0.05) is 29.4 Å². The summed E-state index contributed by atoms with van der Waals surface area (Å²) >= 11 is 0. The van der Waals surface area contributed by atoms with Crippen molar-refractivity contribution in [1.82, 2.24) is 4.98 Å². The van der Waals surface area contributed by atoms with E-state index >= 15 is 0 Å². The summed E-state index contributed by atoms with van der Waals surface area (Å²) in [6, 6.07) is 14.7. The molecule has 0 atom stereocenters. The highest BCUT2D eigenvalue weighted by Gasteiger charge is 2.18. The van der Waals surface area contributed by atoms with Gasteiger partial charge in [0.1, 0.15) is 5.75 Å². The number of aryl methyl sites for hydroxylation is 2. The van der Waals surface area contributed by atoms with Crippen LogP contribution in [0.15, 0.2) is 59.9 Å². The first kappa shape index (κ1) is 16.5. The molecule has 25 heavy (non-hydrogen) atoms. The van der Waals surface area contributed by atoms with Crippen LogP contribution in [-0.2, 0) is 0 Å². The Labute approximate surface area is 146 Å². The minimum atomic E-state index is 0.0435. The maximum Gasteiger partial charge on any atom is 0.170 e. The molecule has 0 amide bonds. The lowest BCUT2D eigenvalue weighted by molar-refractivity contribution is 0.318. The highest BCUT2D eigenvalue weighted by atomic mass is 16.4. The van der Waals surface area contributed by atoms with E-state index in [-0.39, 0.29) is 11.6 Å². The van der Waals surface area contributed by atoms with Crippen molar-refractivity contribution in [3.05, 3.63) is 71.5 Å². The Morgan fingerprint density at radius 1 is 1.04 bits per heavy atom. The van der Waals surface area contributed by atoms with Gasteiger partial charge in [0.25, 0.3) is 0 Å². The molecular weight excluding hydrogens is 314 g/mol. The number of hydrogen-bond donors (Lipinski definition) is 3. The summed E-state index contributed by atoms with van der Waals surface area (Å²) in [6.07, 6.45) is 1.73. The van der Waals surface area contributed by atoms with E-state index in [4.69, 9.17) is 5.73 Å². The summed E-state index contributed by atoms with van der Waals surface area (Å²) in [5.74, 6) is 0.245. The van der Waals surface area contributed by atoms with E-state index in [1.54, 1.807) is 18.3 Å². The standard InChI is InChI=1S/C20H19N3O2/c1-12-10-17(14-5-7-15(24)8-6-14)19(18(11-12)20(21)23-25)16-4-3-9-22-13(16)2/h3-11,24-25H,1-2H3,(H2,21,23).